The highest BCUT2D eigenvalue weighted by Gasteiger charge is 2.20. The van der Waals surface area contributed by atoms with Gasteiger partial charge in [0.15, 0.2) is 0 Å². The van der Waals surface area contributed by atoms with E-state index in [1.807, 2.05) is 26.0 Å². The van der Waals surface area contributed by atoms with Gasteiger partial charge in [-0.3, -0.25) is 0 Å². The van der Waals surface area contributed by atoms with Crippen molar-refractivity contribution in [3.8, 4) is 0 Å². The first-order chi connectivity index (χ1) is 9.54. The number of benzene rings is 1. The second kappa shape index (κ2) is 6.47. The van der Waals surface area contributed by atoms with Crippen molar-refractivity contribution in [1.82, 2.24) is 5.32 Å². The molecule has 3 heteroatoms. The van der Waals surface area contributed by atoms with Crippen molar-refractivity contribution in [2.45, 2.75) is 40.2 Å². The average Bonchev–Trinajstić information content (AvgIpc) is 2.74. The summed E-state index contributed by atoms with van der Waals surface area (Å²) in [7, 11) is 0. The Hall–Kier alpha value is -1.25. The SMILES string of the molecule is CCCNC(c1cc(C)oc1C)c1cccc(Cl)c1C. The highest BCUT2D eigenvalue weighted by Crippen LogP contribution is 2.31. The van der Waals surface area contributed by atoms with E-state index in [0.717, 1.165) is 35.1 Å². The van der Waals surface area contributed by atoms with Crippen LogP contribution in [0.4, 0.5) is 0 Å². The molecule has 0 saturated heterocycles. The van der Waals surface area contributed by atoms with E-state index in [-0.39, 0.29) is 6.04 Å². The second-order valence-corrected chi connectivity index (χ2v) is 5.62. The van der Waals surface area contributed by atoms with E-state index in [1.54, 1.807) is 0 Å². The van der Waals surface area contributed by atoms with Crippen LogP contribution in [0.15, 0.2) is 28.7 Å². The Labute approximate surface area is 126 Å². The van der Waals surface area contributed by atoms with E-state index >= 15 is 0 Å². The summed E-state index contributed by atoms with van der Waals surface area (Å²) < 4.78 is 5.69. The van der Waals surface area contributed by atoms with Gasteiger partial charge in [-0.2, -0.15) is 0 Å². The Balaban J connectivity index is 2.47. The molecule has 20 heavy (non-hydrogen) atoms. The van der Waals surface area contributed by atoms with E-state index in [2.05, 4.69) is 31.3 Å². The van der Waals surface area contributed by atoms with Crippen LogP contribution in [0.25, 0.3) is 0 Å². The quantitative estimate of drug-likeness (QED) is 0.843. The summed E-state index contributed by atoms with van der Waals surface area (Å²) in [6.45, 7) is 9.20. The number of hydrogen-bond acceptors (Lipinski definition) is 2. The van der Waals surface area contributed by atoms with Crippen LogP contribution >= 0.6 is 11.6 Å². The van der Waals surface area contributed by atoms with Crippen LogP contribution in [0, 0.1) is 20.8 Å². The molecule has 0 bridgehead atoms. The average molecular weight is 292 g/mol. The molecule has 0 fully saturated rings. The van der Waals surface area contributed by atoms with Crippen molar-refractivity contribution < 1.29 is 4.42 Å². The molecule has 0 radical (unpaired) electrons. The molecule has 1 aromatic carbocycles. The fraction of sp³-hybridized carbons (Fsp3) is 0.412. The molecule has 108 valence electrons. The maximum Gasteiger partial charge on any atom is 0.106 e. The first kappa shape index (κ1) is 15.1. The molecule has 1 atom stereocenters. The topological polar surface area (TPSA) is 25.2 Å². The molecule has 1 unspecified atom stereocenters. The van der Waals surface area contributed by atoms with E-state index in [4.69, 9.17) is 16.0 Å². The van der Waals surface area contributed by atoms with Crippen LogP contribution < -0.4 is 5.32 Å². The van der Waals surface area contributed by atoms with Crippen molar-refractivity contribution >= 4 is 11.6 Å². The zero-order chi connectivity index (χ0) is 14.7. The molecule has 1 aromatic heterocycles. The van der Waals surface area contributed by atoms with Crippen molar-refractivity contribution in [3.63, 3.8) is 0 Å². The van der Waals surface area contributed by atoms with E-state index in [0.29, 0.717) is 0 Å². The summed E-state index contributed by atoms with van der Waals surface area (Å²) in [6, 6.07) is 8.32. The van der Waals surface area contributed by atoms with Crippen LogP contribution in [0.1, 0.15) is 47.6 Å². The van der Waals surface area contributed by atoms with Crippen LogP contribution in [0.2, 0.25) is 5.02 Å². The van der Waals surface area contributed by atoms with Gasteiger partial charge in [-0.05, 0) is 57.0 Å². The molecule has 0 aliphatic heterocycles. The third-order valence-corrected chi connectivity index (χ3v) is 4.02. The van der Waals surface area contributed by atoms with Gasteiger partial charge in [0.25, 0.3) is 0 Å². The highest BCUT2D eigenvalue weighted by atomic mass is 35.5. The first-order valence-electron chi connectivity index (χ1n) is 7.10. The molecule has 1 heterocycles. The van der Waals surface area contributed by atoms with Gasteiger partial charge in [-0.15, -0.1) is 0 Å². The normalized spacial score (nSPS) is 12.7. The lowest BCUT2D eigenvalue weighted by Gasteiger charge is -2.21. The van der Waals surface area contributed by atoms with Gasteiger partial charge >= 0.3 is 0 Å². The fourth-order valence-electron chi connectivity index (χ4n) is 2.55. The second-order valence-electron chi connectivity index (χ2n) is 5.21. The van der Waals surface area contributed by atoms with E-state index < -0.39 is 0 Å². The van der Waals surface area contributed by atoms with Gasteiger partial charge in [-0.25, -0.2) is 0 Å². The van der Waals surface area contributed by atoms with Crippen molar-refractivity contribution in [3.05, 3.63) is 57.5 Å². The summed E-state index contributed by atoms with van der Waals surface area (Å²) in [5, 5.41) is 4.41. The molecule has 0 aliphatic carbocycles. The van der Waals surface area contributed by atoms with Crippen molar-refractivity contribution in [2.24, 2.45) is 0 Å². The molecule has 2 aromatic rings. The van der Waals surface area contributed by atoms with Crippen LogP contribution in [0.3, 0.4) is 0 Å². The third kappa shape index (κ3) is 3.08. The molecular weight excluding hydrogens is 270 g/mol. The monoisotopic (exact) mass is 291 g/mol. The van der Waals surface area contributed by atoms with Crippen molar-refractivity contribution in [1.29, 1.82) is 0 Å². The summed E-state index contributed by atoms with van der Waals surface area (Å²) in [5.41, 5.74) is 3.54. The number of aryl methyl sites for hydroxylation is 2. The van der Waals surface area contributed by atoms with E-state index in [1.165, 1.54) is 11.1 Å². The molecule has 1 N–H and O–H groups in total. The largest absolute Gasteiger partial charge is 0.466 e. The number of hydrogen-bond donors (Lipinski definition) is 1. The van der Waals surface area contributed by atoms with Crippen LogP contribution in [-0.2, 0) is 0 Å². The maximum atomic E-state index is 6.27. The lowest BCUT2D eigenvalue weighted by Crippen LogP contribution is -2.24. The minimum absolute atomic E-state index is 0.131. The molecule has 0 spiro atoms. The molecule has 2 nitrogen and oxygen atoms in total. The van der Waals surface area contributed by atoms with Gasteiger partial charge in [-0.1, -0.05) is 30.7 Å². The standard InChI is InChI=1S/C17H22ClNO/c1-5-9-19-17(15-10-11(2)20-13(15)4)14-7-6-8-16(18)12(14)3/h6-8,10,17,19H,5,9H2,1-4H3. The number of nitrogens with one attached hydrogen (secondary N) is 1. The number of halogens is 1. The summed E-state index contributed by atoms with van der Waals surface area (Å²) in [5.74, 6) is 1.91. The van der Waals surface area contributed by atoms with E-state index in [9.17, 15) is 0 Å². The van der Waals surface area contributed by atoms with Crippen LogP contribution in [0.5, 0.6) is 0 Å². The number of rotatable bonds is 5. The number of furan rings is 1. The fourth-order valence-corrected chi connectivity index (χ4v) is 2.73. The zero-order valence-electron chi connectivity index (χ0n) is 12.6. The smallest absolute Gasteiger partial charge is 0.106 e. The Morgan fingerprint density at radius 3 is 2.55 bits per heavy atom. The minimum atomic E-state index is 0.131. The summed E-state index contributed by atoms with van der Waals surface area (Å²) >= 11 is 6.27. The predicted octanol–water partition coefficient (Wildman–Crippen LogP) is 4.95. The molecular formula is C17H22ClNO. The maximum absolute atomic E-state index is 6.27. The van der Waals surface area contributed by atoms with Gasteiger partial charge < -0.3 is 9.73 Å². The Kier molecular flexibility index (Phi) is 4.90. The third-order valence-electron chi connectivity index (χ3n) is 3.61. The molecule has 2 rings (SSSR count). The van der Waals surface area contributed by atoms with Gasteiger partial charge in [0.05, 0.1) is 6.04 Å². The Bertz CT molecular complexity index is 589. The Morgan fingerprint density at radius 1 is 1.20 bits per heavy atom. The zero-order valence-corrected chi connectivity index (χ0v) is 13.3. The Morgan fingerprint density at radius 2 is 1.95 bits per heavy atom. The van der Waals surface area contributed by atoms with Gasteiger partial charge in [0.1, 0.15) is 11.5 Å². The minimum Gasteiger partial charge on any atom is -0.466 e. The van der Waals surface area contributed by atoms with Crippen LogP contribution in [-0.4, -0.2) is 6.54 Å². The lowest BCUT2D eigenvalue weighted by molar-refractivity contribution is 0.493. The molecule has 0 aliphatic rings. The molecule has 0 saturated carbocycles. The first-order valence-corrected chi connectivity index (χ1v) is 7.47. The van der Waals surface area contributed by atoms with Crippen molar-refractivity contribution in [2.75, 3.05) is 6.54 Å². The summed E-state index contributed by atoms with van der Waals surface area (Å²) in [6.07, 6.45) is 1.09. The molecule has 0 amide bonds. The summed E-state index contributed by atoms with van der Waals surface area (Å²) in [4.78, 5) is 0. The van der Waals surface area contributed by atoms with Gasteiger partial charge in [0.2, 0.25) is 0 Å². The predicted molar refractivity (Wildman–Crippen MR) is 84.5 cm³/mol. The van der Waals surface area contributed by atoms with Gasteiger partial charge in [0, 0.05) is 10.6 Å². The lowest BCUT2D eigenvalue weighted by atomic mass is 9.95. The highest BCUT2D eigenvalue weighted by molar-refractivity contribution is 6.31.